The zero-order chi connectivity index (χ0) is 24.0. The van der Waals surface area contributed by atoms with Crippen molar-refractivity contribution >= 4 is 23.5 Å². The molecule has 0 aliphatic carbocycles. The number of aliphatic hydroxyl groups is 1. The average Bonchev–Trinajstić information content (AvgIpc) is 3.36. The zero-order valence-electron chi connectivity index (χ0n) is 19.5. The lowest BCUT2D eigenvalue weighted by Gasteiger charge is -2.36. The third-order valence-electron chi connectivity index (χ3n) is 7.44. The summed E-state index contributed by atoms with van der Waals surface area (Å²) >= 11 is 0. The molecule has 2 N–H and O–H groups in total. The van der Waals surface area contributed by atoms with Crippen LogP contribution in [0.1, 0.15) is 40.0 Å². The molecule has 1 aromatic carbocycles. The molecule has 3 aliphatic rings. The number of rotatable bonds is 8. The Kier molecular flexibility index (Phi) is 6.13. The van der Waals surface area contributed by atoms with Crippen molar-refractivity contribution in [2.24, 2.45) is 11.8 Å². The summed E-state index contributed by atoms with van der Waals surface area (Å²) in [5, 5.41) is 12.9. The summed E-state index contributed by atoms with van der Waals surface area (Å²) in [6.07, 6.45) is 1.46. The van der Waals surface area contributed by atoms with Crippen molar-refractivity contribution in [1.29, 1.82) is 0 Å². The van der Waals surface area contributed by atoms with Crippen LogP contribution in [0.4, 0.5) is 5.69 Å². The van der Waals surface area contributed by atoms with Crippen molar-refractivity contribution in [2.45, 2.75) is 63.3 Å². The van der Waals surface area contributed by atoms with Gasteiger partial charge in [0.15, 0.2) is 0 Å². The average molecular weight is 461 g/mol. The highest BCUT2D eigenvalue weighted by Crippen LogP contribution is 2.63. The van der Waals surface area contributed by atoms with Gasteiger partial charge in [-0.1, -0.05) is 6.92 Å². The van der Waals surface area contributed by atoms with Crippen LogP contribution in [0.25, 0.3) is 0 Å². The molecule has 2 amide bonds. The van der Waals surface area contributed by atoms with Crippen molar-refractivity contribution < 1.29 is 33.7 Å². The molecule has 3 heterocycles. The molecule has 0 radical (unpaired) electrons. The van der Waals surface area contributed by atoms with Crippen molar-refractivity contribution in [3.8, 4) is 5.75 Å². The molecule has 1 aromatic rings. The molecular weight excluding hydrogens is 428 g/mol. The number of carbonyl (C=O) groups excluding carboxylic acids is 3. The van der Waals surface area contributed by atoms with Gasteiger partial charge in [0.1, 0.15) is 23.3 Å². The number of likely N-dealkylation sites (tertiary alicyclic amines) is 1. The van der Waals surface area contributed by atoms with Gasteiger partial charge < -0.3 is 29.5 Å². The van der Waals surface area contributed by atoms with E-state index in [1.54, 1.807) is 38.3 Å². The largest absolute Gasteiger partial charge is 0.497 e. The maximum Gasteiger partial charge on any atom is 0.312 e. The van der Waals surface area contributed by atoms with Crippen molar-refractivity contribution in [3.63, 3.8) is 0 Å². The molecule has 1 spiro atoms. The summed E-state index contributed by atoms with van der Waals surface area (Å²) < 4.78 is 16.9. The van der Waals surface area contributed by atoms with E-state index >= 15 is 0 Å². The molecule has 0 saturated carbocycles. The Balaban J connectivity index is 1.74. The number of methoxy groups -OCH3 is 1. The van der Waals surface area contributed by atoms with Crippen LogP contribution in [-0.4, -0.2) is 71.4 Å². The minimum absolute atomic E-state index is 0.193. The smallest absolute Gasteiger partial charge is 0.312 e. The van der Waals surface area contributed by atoms with Crippen LogP contribution < -0.4 is 10.1 Å². The third-order valence-corrected chi connectivity index (χ3v) is 7.44. The van der Waals surface area contributed by atoms with Gasteiger partial charge in [-0.15, -0.1) is 0 Å². The second-order valence-corrected chi connectivity index (χ2v) is 9.19. The first-order valence-electron chi connectivity index (χ1n) is 11.5. The number of fused-ring (bicyclic) bond motifs is 1. The van der Waals surface area contributed by atoms with Gasteiger partial charge in [0.25, 0.3) is 0 Å². The number of amides is 2. The highest BCUT2D eigenvalue weighted by molar-refractivity contribution is 6.03. The summed E-state index contributed by atoms with van der Waals surface area (Å²) in [4.78, 5) is 41.8. The van der Waals surface area contributed by atoms with E-state index in [4.69, 9.17) is 14.2 Å². The number of benzene rings is 1. The Labute approximate surface area is 193 Å². The second kappa shape index (κ2) is 8.61. The van der Waals surface area contributed by atoms with Crippen molar-refractivity contribution in [1.82, 2.24) is 4.90 Å². The van der Waals surface area contributed by atoms with E-state index < -0.39 is 47.0 Å². The molecule has 3 saturated heterocycles. The first-order chi connectivity index (χ1) is 15.8. The Morgan fingerprint density at radius 3 is 2.55 bits per heavy atom. The minimum Gasteiger partial charge on any atom is -0.497 e. The summed E-state index contributed by atoms with van der Waals surface area (Å²) in [5.41, 5.74) is -1.48. The van der Waals surface area contributed by atoms with Crippen LogP contribution in [-0.2, 0) is 23.9 Å². The fourth-order valence-corrected chi connectivity index (χ4v) is 5.94. The van der Waals surface area contributed by atoms with Crippen molar-refractivity contribution in [2.75, 3.05) is 25.6 Å². The Bertz CT molecular complexity index is 931. The second-order valence-electron chi connectivity index (χ2n) is 9.19. The predicted octanol–water partition coefficient (Wildman–Crippen LogP) is 1.73. The number of hydrogen-bond acceptors (Lipinski definition) is 7. The van der Waals surface area contributed by atoms with Crippen LogP contribution in [0.5, 0.6) is 5.75 Å². The number of esters is 1. The lowest BCUT2D eigenvalue weighted by atomic mass is 9.66. The van der Waals surface area contributed by atoms with Crippen molar-refractivity contribution in [3.05, 3.63) is 24.3 Å². The molecule has 180 valence electrons. The topological polar surface area (TPSA) is 114 Å². The van der Waals surface area contributed by atoms with Crippen LogP contribution in [0.3, 0.4) is 0 Å². The van der Waals surface area contributed by atoms with E-state index in [0.717, 1.165) is 0 Å². The summed E-state index contributed by atoms with van der Waals surface area (Å²) in [7, 11) is 1.56. The quantitative estimate of drug-likeness (QED) is 0.568. The predicted molar refractivity (Wildman–Crippen MR) is 118 cm³/mol. The molecule has 9 nitrogen and oxygen atoms in total. The van der Waals surface area contributed by atoms with Gasteiger partial charge in [0.2, 0.25) is 11.8 Å². The summed E-state index contributed by atoms with van der Waals surface area (Å²) in [6.45, 7) is 5.29. The highest BCUT2D eigenvalue weighted by Gasteiger charge is 2.78. The van der Waals surface area contributed by atoms with Crippen LogP contribution in [0, 0.1) is 11.8 Å². The molecule has 3 aliphatic heterocycles. The van der Waals surface area contributed by atoms with Gasteiger partial charge in [-0.05, 0) is 57.4 Å². The van der Waals surface area contributed by atoms with E-state index in [-0.39, 0.29) is 19.1 Å². The third kappa shape index (κ3) is 3.49. The molecule has 2 bridgehead atoms. The number of anilines is 1. The van der Waals surface area contributed by atoms with Crippen LogP contribution in [0.2, 0.25) is 0 Å². The Morgan fingerprint density at radius 2 is 1.97 bits per heavy atom. The summed E-state index contributed by atoms with van der Waals surface area (Å²) in [5.74, 6) is -2.20. The highest BCUT2D eigenvalue weighted by atomic mass is 16.6. The Hall–Kier alpha value is -2.65. The normalized spacial score (nSPS) is 33.1. The molecule has 33 heavy (non-hydrogen) atoms. The first kappa shape index (κ1) is 23.5. The Morgan fingerprint density at radius 1 is 1.27 bits per heavy atom. The fourth-order valence-electron chi connectivity index (χ4n) is 5.94. The molecule has 6 atom stereocenters. The number of nitrogens with zero attached hydrogens (tertiary/aromatic N) is 1. The number of ether oxygens (including phenoxy) is 3. The van der Waals surface area contributed by atoms with E-state index in [0.29, 0.717) is 30.7 Å². The van der Waals surface area contributed by atoms with Gasteiger partial charge >= 0.3 is 5.97 Å². The van der Waals surface area contributed by atoms with Crippen LogP contribution in [0.15, 0.2) is 24.3 Å². The maximum atomic E-state index is 13.8. The molecule has 0 aromatic heterocycles. The summed E-state index contributed by atoms with van der Waals surface area (Å²) in [6, 6.07) is 5.34. The first-order valence-corrected chi connectivity index (χ1v) is 11.5. The van der Waals surface area contributed by atoms with Gasteiger partial charge in [-0.2, -0.15) is 0 Å². The van der Waals surface area contributed by atoms with E-state index in [1.807, 2.05) is 13.8 Å². The number of nitrogens with one attached hydrogen (secondary N) is 1. The standard InChI is InChI=1S/C24H32N2O7/c1-5-15(13-27)26-19(20(28)25-14-7-9-16(31-4)10-8-14)24-12-11-23(3,33-24)18(17(24)21(26)29)22(30)32-6-2/h7-10,15,17-19,27H,5-6,11-13H2,1-4H3,(H,25,28)/t15-,17-,18-,19?,23+,24?/m0/s1. The maximum absolute atomic E-state index is 13.8. The van der Waals surface area contributed by atoms with E-state index in [1.165, 1.54) is 4.90 Å². The zero-order valence-corrected chi connectivity index (χ0v) is 19.5. The monoisotopic (exact) mass is 460 g/mol. The fraction of sp³-hybridized carbons (Fsp3) is 0.625. The van der Waals surface area contributed by atoms with Crippen LogP contribution >= 0.6 is 0 Å². The van der Waals surface area contributed by atoms with Gasteiger partial charge in [0.05, 0.1) is 37.9 Å². The van der Waals surface area contributed by atoms with Gasteiger partial charge in [0, 0.05) is 5.69 Å². The van der Waals surface area contributed by atoms with E-state index in [2.05, 4.69) is 5.32 Å². The molecule has 4 rings (SSSR count). The van der Waals surface area contributed by atoms with Gasteiger partial charge in [-0.25, -0.2) is 0 Å². The number of carbonyl (C=O) groups is 3. The lowest BCUT2D eigenvalue weighted by molar-refractivity contribution is -0.160. The lowest BCUT2D eigenvalue weighted by Crippen LogP contribution is -2.56. The van der Waals surface area contributed by atoms with Gasteiger partial charge in [-0.3, -0.25) is 14.4 Å². The SMILES string of the molecule is CCOC(=O)[C@@H]1[C@H]2C(=O)N([C@@H](CC)CO)C(C(=O)Nc3ccc(OC)cc3)C23CC[C@@]1(C)O3. The molecule has 3 fully saturated rings. The number of aliphatic hydroxyl groups excluding tert-OH is 1. The molecule has 9 heteroatoms. The number of hydrogen-bond donors (Lipinski definition) is 2. The molecular formula is C24H32N2O7. The van der Waals surface area contributed by atoms with E-state index in [9.17, 15) is 19.5 Å². The molecule has 2 unspecified atom stereocenters. The minimum atomic E-state index is -1.15.